The average molecular weight is 242 g/mol. The molecule has 2 aromatic carbocycles. The molecule has 0 spiro atoms. The van der Waals surface area contributed by atoms with Gasteiger partial charge in [-0.15, -0.1) is 0 Å². The summed E-state index contributed by atoms with van der Waals surface area (Å²) in [6.45, 7) is 4.03. The molecule has 2 N–H and O–H groups in total. The molecule has 2 nitrogen and oxygen atoms in total. The molecule has 0 aromatic heterocycles. The Kier molecular flexibility index (Phi) is 3.68. The fourth-order valence-electron chi connectivity index (χ4n) is 2.31. The van der Waals surface area contributed by atoms with Crippen molar-refractivity contribution >= 4 is 0 Å². The van der Waals surface area contributed by atoms with Gasteiger partial charge in [-0.3, -0.25) is 0 Å². The zero-order valence-corrected chi connectivity index (χ0v) is 10.7. The molecule has 0 aliphatic heterocycles. The SMILES string of the molecule is Cc1cccc(C)c1C(O)Cc1ccc(O)cc1. The van der Waals surface area contributed by atoms with Gasteiger partial charge in [-0.1, -0.05) is 30.3 Å². The van der Waals surface area contributed by atoms with Crippen molar-refractivity contribution in [3.05, 3.63) is 64.7 Å². The van der Waals surface area contributed by atoms with E-state index >= 15 is 0 Å². The first-order valence-electron chi connectivity index (χ1n) is 6.10. The normalized spacial score (nSPS) is 12.4. The van der Waals surface area contributed by atoms with E-state index in [0.29, 0.717) is 6.42 Å². The third kappa shape index (κ3) is 2.71. The van der Waals surface area contributed by atoms with Gasteiger partial charge in [0.15, 0.2) is 0 Å². The number of phenolic OH excluding ortho intramolecular Hbond substituents is 1. The zero-order valence-electron chi connectivity index (χ0n) is 10.7. The topological polar surface area (TPSA) is 40.5 Å². The van der Waals surface area contributed by atoms with Crippen LogP contribution in [0.3, 0.4) is 0 Å². The molecule has 18 heavy (non-hydrogen) atoms. The minimum absolute atomic E-state index is 0.250. The molecular weight excluding hydrogens is 224 g/mol. The van der Waals surface area contributed by atoms with Gasteiger partial charge in [0.25, 0.3) is 0 Å². The third-order valence-electron chi connectivity index (χ3n) is 3.24. The molecule has 0 bridgehead atoms. The second kappa shape index (κ2) is 5.23. The second-order valence-corrected chi connectivity index (χ2v) is 4.69. The number of rotatable bonds is 3. The lowest BCUT2D eigenvalue weighted by Crippen LogP contribution is -2.06. The minimum atomic E-state index is -0.504. The molecule has 2 rings (SSSR count). The van der Waals surface area contributed by atoms with Crippen LogP contribution < -0.4 is 0 Å². The maximum Gasteiger partial charge on any atom is 0.115 e. The van der Waals surface area contributed by atoms with E-state index in [4.69, 9.17) is 0 Å². The van der Waals surface area contributed by atoms with Gasteiger partial charge in [0.1, 0.15) is 5.75 Å². The van der Waals surface area contributed by atoms with Crippen molar-refractivity contribution in [3.63, 3.8) is 0 Å². The van der Waals surface area contributed by atoms with Crippen molar-refractivity contribution in [2.75, 3.05) is 0 Å². The lowest BCUT2D eigenvalue weighted by molar-refractivity contribution is 0.177. The van der Waals surface area contributed by atoms with Crippen molar-refractivity contribution in [3.8, 4) is 5.75 Å². The van der Waals surface area contributed by atoms with Crippen LogP contribution in [0.1, 0.15) is 28.4 Å². The summed E-state index contributed by atoms with van der Waals surface area (Å²) in [6.07, 6.45) is 0.0575. The van der Waals surface area contributed by atoms with E-state index in [1.807, 2.05) is 44.2 Å². The highest BCUT2D eigenvalue weighted by molar-refractivity contribution is 5.36. The van der Waals surface area contributed by atoms with Gasteiger partial charge in [-0.2, -0.15) is 0 Å². The standard InChI is InChI=1S/C16H18O2/c1-11-4-3-5-12(2)16(11)15(18)10-13-6-8-14(17)9-7-13/h3-9,15,17-18H,10H2,1-2H3. The van der Waals surface area contributed by atoms with Crippen LogP contribution in [0.25, 0.3) is 0 Å². The first-order valence-corrected chi connectivity index (χ1v) is 6.10. The molecular formula is C16H18O2. The number of hydrogen-bond donors (Lipinski definition) is 2. The number of hydrogen-bond acceptors (Lipinski definition) is 2. The number of benzene rings is 2. The molecule has 0 saturated carbocycles. The van der Waals surface area contributed by atoms with Crippen LogP contribution in [0.5, 0.6) is 5.75 Å². The van der Waals surface area contributed by atoms with Crippen LogP contribution in [0, 0.1) is 13.8 Å². The lowest BCUT2D eigenvalue weighted by Gasteiger charge is -2.16. The van der Waals surface area contributed by atoms with Crippen LogP contribution in [-0.4, -0.2) is 10.2 Å². The quantitative estimate of drug-likeness (QED) is 0.867. The fourth-order valence-corrected chi connectivity index (χ4v) is 2.31. The van der Waals surface area contributed by atoms with E-state index in [2.05, 4.69) is 0 Å². The predicted molar refractivity (Wildman–Crippen MR) is 72.7 cm³/mol. The zero-order chi connectivity index (χ0) is 13.1. The largest absolute Gasteiger partial charge is 0.508 e. The highest BCUT2D eigenvalue weighted by atomic mass is 16.3. The summed E-state index contributed by atoms with van der Waals surface area (Å²) >= 11 is 0. The molecule has 0 amide bonds. The molecule has 0 radical (unpaired) electrons. The number of aryl methyl sites for hydroxylation is 2. The molecule has 0 fully saturated rings. The van der Waals surface area contributed by atoms with Gasteiger partial charge < -0.3 is 10.2 Å². The summed E-state index contributed by atoms with van der Waals surface area (Å²) in [4.78, 5) is 0. The van der Waals surface area contributed by atoms with Crippen molar-refractivity contribution in [2.24, 2.45) is 0 Å². The molecule has 1 atom stereocenters. The number of aliphatic hydroxyl groups excluding tert-OH is 1. The van der Waals surface area contributed by atoms with E-state index in [9.17, 15) is 10.2 Å². The summed E-state index contributed by atoms with van der Waals surface area (Å²) in [7, 11) is 0. The Hall–Kier alpha value is -1.80. The molecule has 1 unspecified atom stereocenters. The molecule has 0 aliphatic rings. The third-order valence-corrected chi connectivity index (χ3v) is 3.24. The summed E-state index contributed by atoms with van der Waals surface area (Å²) < 4.78 is 0. The van der Waals surface area contributed by atoms with E-state index in [1.165, 1.54) is 0 Å². The van der Waals surface area contributed by atoms with Crippen molar-refractivity contribution in [1.29, 1.82) is 0 Å². The van der Waals surface area contributed by atoms with Gasteiger partial charge in [0.05, 0.1) is 6.10 Å². The van der Waals surface area contributed by atoms with Crippen molar-refractivity contribution < 1.29 is 10.2 Å². The van der Waals surface area contributed by atoms with Crippen LogP contribution in [0.2, 0.25) is 0 Å². The smallest absolute Gasteiger partial charge is 0.115 e. The Balaban J connectivity index is 2.22. The van der Waals surface area contributed by atoms with Crippen molar-refractivity contribution in [2.45, 2.75) is 26.4 Å². The van der Waals surface area contributed by atoms with Gasteiger partial charge in [-0.05, 0) is 48.2 Å². The van der Waals surface area contributed by atoms with E-state index in [0.717, 1.165) is 22.3 Å². The highest BCUT2D eigenvalue weighted by Crippen LogP contribution is 2.25. The van der Waals surface area contributed by atoms with Crippen LogP contribution in [-0.2, 0) is 6.42 Å². The molecule has 94 valence electrons. The molecule has 0 saturated heterocycles. The Morgan fingerprint density at radius 3 is 2.06 bits per heavy atom. The van der Waals surface area contributed by atoms with E-state index in [1.54, 1.807) is 12.1 Å². The van der Waals surface area contributed by atoms with E-state index < -0.39 is 6.10 Å². The van der Waals surface area contributed by atoms with Crippen LogP contribution in [0.15, 0.2) is 42.5 Å². The molecule has 2 heteroatoms. The molecule has 0 heterocycles. The van der Waals surface area contributed by atoms with E-state index in [-0.39, 0.29) is 5.75 Å². The summed E-state index contributed by atoms with van der Waals surface area (Å²) in [5.41, 5.74) is 4.25. The first-order chi connectivity index (χ1) is 8.58. The first kappa shape index (κ1) is 12.7. The lowest BCUT2D eigenvalue weighted by atomic mass is 9.94. The maximum absolute atomic E-state index is 10.3. The number of phenols is 1. The van der Waals surface area contributed by atoms with Gasteiger partial charge in [0, 0.05) is 6.42 Å². The summed E-state index contributed by atoms with van der Waals surface area (Å²) in [5.74, 6) is 0.250. The highest BCUT2D eigenvalue weighted by Gasteiger charge is 2.13. The second-order valence-electron chi connectivity index (χ2n) is 4.69. The minimum Gasteiger partial charge on any atom is -0.508 e. The Labute approximate surface area is 108 Å². The maximum atomic E-state index is 10.3. The van der Waals surface area contributed by atoms with Gasteiger partial charge in [-0.25, -0.2) is 0 Å². The monoisotopic (exact) mass is 242 g/mol. The van der Waals surface area contributed by atoms with Crippen LogP contribution >= 0.6 is 0 Å². The fraction of sp³-hybridized carbons (Fsp3) is 0.250. The predicted octanol–water partition coefficient (Wildman–Crippen LogP) is 3.29. The summed E-state index contributed by atoms with van der Waals surface area (Å²) in [5, 5.41) is 19.6. The average Bonchev–Trinajstić information content (AvgIpc) is 2.32. The summed E-state index contributed by atoms with van der Waals surface area (Å²) in [6, 6.07) is 13.0. The number of aromatic hydroxyl groups is 1. The van der Waals surface area contributed by atoms with Crippen LogP contribution in [0.4, 0.5) is 0 Å². The Bertz CT molecular complexity index is 509. The number of aliphatic hydroxyl groups is 1. The Morgan fingerprint density at radius 2 is 1.50 bits per heavy atom. The molecule has 0 aliphatic carbocycles. The molecule has 2 aromatic rings. The Morgan fingerprint density at radius 1 is 0.944 bits per heavy atom. The van der Waals surface area contributed by atoms with Crippen molar-refractivity contribution in [1.82, 2.24) is 0 Å². The van der Waals surface area contributed by atoms with Gasteiger partial charge >= 0.3 is 0 Å². The van der Waals surface area contributed by atoms with Gasteiger partial charge in [0.2, 0.25) is 0 Å².